The Morgan fingerprint density at radius 3 is 2.70 bits per heavy atom. The van der Waals surface area contributed by atoms with Crippen LogP contribution >= 0.6 is 0 Å². The van der Waals surface area contributed by atoms with Gasteiger partial charge in [-0.15, -0.1) is 0 Å². The fraction of sp³-hybridized carbons (Fsp3) is 0.567. The molecule has 2 aliphatic heterocycles. The number of benzene rings is 2. The quantitative estimate of drug-likeness (QED) is 0.537. The summed E-state index contributed by atoms with van der Waals surface area (Å²) in [6.45, 7) is 6.48. The normalized spacial score (nSPS) is 32.8. The van der Waals surface area contributed by atoms with Gasteiger partial charge in [-0.25, -0.2) is 0 Å². The van der Waals surface area contributed by atoms with E-state index in [1.165, 1.54) is 0 Å². The van der Waals surface area contributed by atoms with Gasteiger partial charge in [0.05, 0.1) is 11.0 Å². The van der Waals surface area contributed by atoms with Crippen molar-refractivity contribution in [1.29, 1.82) is 0 Å². The molecule has 3 unspecified atom stereocenters. The molecule has 2 fully saturated rings. The molecule has 2 aromatic rings. The van der Waals surface area contributed by atoms with Crippen molar-refractivity contribution in [3.05, 3.63) is 59.2 Å². The van der Waals surface area contributed by atoms with Crippen LogP contribution in [0.25, 0.3) is 0 Å². The van der Waals surface area contributed by atoms with Crippen molar-refractivity contribution in [1.82, 2.24) is 10.2 Å². The first kappa shape index (κ1) is 24.7. The summed E-state index contributed by atoms with van der Waals surface area (Å²) < 4.78 is 12.4. The number of hydrogen-bond donors (Lipinski definition) is 3. The van der Waals surface area contributed by atoms with E-state index in [1.807, 2.05) is 57.2 Å². The van der Waals surface area contributed by atoms with E-state index in [9.17, 15) is 15.0 Å². The molecule has 198 valence electrons. The maximum atomic E-state index is 13.4. The van der Waals surface area contributed by atoms with E-state index in [2.05, 4.69) is 17.3 Å². The van der Waals surface area contributed by atoms with Crippen molar-refractivity contribution in [3.8, 4) is 11.5 Å². The Hall–Kier alpha value is -2.61. The predicted molar refractivity (Wildman–Crippen MR) is 140 cm³/mol. The number of nitrogens with zero attached hydrogens (tertiary/aromatic N) is 1. The Bertz CT molecular complexity index is 1210. The number of esters is 1. The van der Waals surface area contributed by atoms with Crippen LogP contribution in [0.1, 0.15) is 56.7 Å². The van der Waals surface area contributed by atoms with Gasteiger partial charge in [-0.2, -0.15) is 0 Å². The zero-order chi connectivity index (χ0) is 26.2. The van der Waals surface area contributed by atoms with Crippen LogP contribution in [0.5, 0.6) is 11.5 Å². The molecule has 7 heteroatoms. The van der Waals surface area contributed by atoms with E-state index in [4.69, 9.17) is 9.47 Å². The van der Waals surface area contributed by atoms with Gasteiger partial charge in [-0.05, 0) is 83.7 Å². The highest BCUT2D eigenvalue weighted by molar-refractivity contribution is 5.77. The summed E-state index contributed by atoms with van der Waals surface area (Å²) in [6, 6.07) is 12.9. The fourth-order valence-electron chi connectivity index (χ4n) is 7.62. The SMILES string of the molecule is CN1CC[C@]23c4c5ccc(O)c4O[C@H]2C(NC(Cc2ccccc2)C(=O)OC(C)(C)C)CC[C@@]3(O)C1C5. The van der Waals surface area contributed by atoms with Gasteiger partial charge < -0.3 is 24.6 Å². The molecular formula is C30H38N2O5. The number of likely N-dealkylation sites (N-methyl/N-ethyl adjacent to an activating group) is 1. The second-order valence-corrected chi connectivity index (χ2v) is 12.4. The molecular weight excluding hydrogens is 468 g/mol. The van der Waals surface area contributed by atoms with Crippen LogP contribution in [0.3, 0.4) is 0 Å². The predicted octanol–water partition coefficient (Wildman–Crippen LogP) is 3.09. The summed E-state index contributed by atoms with van der Waals surface area (Å²) in [4.78, 5) is 15.7. The monoisotopic (exact) mass is 506 g/mol. The number of hydrogen-bond acceptors (Lipinski definition) is 7. The van der Waals surface area contributed by atoms with Gasteiger partial charge >= 0.3 is 5.97 Å². The van der Waals surface area contributed by atoms with Crippen molar-refractivity contribution in [2.75, 3.05) is 13.6 Å². The van der Waals surface area contributed by atoms with Crippen molar-refractivity contribution in [2.45, 2.75) is 93.7 Å². The molecule has 0 aromatic heterocycles. The largest absolute Gasteiger partial charge is 0.504 e. The van der Waals surface area contributed by atoms with Crippen LogP contribution in [-0.2, 0) is 27.8 Å². The topological polar surface area (TPSA) is 91.3 Å². The Kier molecular flexibility index (Phi) is 5.64. The number of piperidine rings is 1. The third-order valence-electron chi connectivity index (χ3n) is 9.12. The molecule has 1 saturated carbocycles. The van der Waals surface area contributed by atoms with Crippen LogP contribution in [0.2, 0.25) is 0 Å². The number of phenols is 1. The molecule has 2 aromatic carbocycles. The lowest BCUT2D eigenvalue weighted by molar-refractivity contribution is -0.188. The molecule has 2 aliphatic carbocycles. The first-order valence-electron chi connectivity index (χ1n) is 13.5. The van der Waals surface area contributed by atoms with Gasteiger partial charge in [-0.3, -0.25) is 10.1 Å². The van der Waals surface area contributed by atoms with E-state index in [-0.39, 0.29) is 23.8 Å². The lowest BCUT2D eigenvalue weighted by atomic mass is 9.48. The zero-order valence-corrected chi connectivity index (χ0v) is 22.2. The van der Waals surface area contributed by atoms with Gasteiger partial charge in [0.2, 0.25) is 0 Å². The minimum absolute atomic E-state index is 0.0118. The Morgan fingerprint density at radius 2 is 1.97 bits per heavy atom. The maximum absolute atomic E-state index is 13.4. The molecule has 1 saturated heterocycles. The molecule has 6 rings (SSSR count). The van der Waals surface area contributed by atoms with Gasteiger partial charge in [0, 0.05) is 17.6 Å². The van der Waals surface area contributed by atoms with Crippen LogP contribution < -0.4 is 10.1 Å². The number of phenolic OH excluding ortho intramolecular Hbond substituents is 1. The van der Waals surface area contributed by atoms with Crippen molar-refractivity contribution in [3.63, 3.8) is 0 Å². The Balaban J connectivity index is 1.38. The maximum Gasteiger partial charge on any atom is 0.324 e. The minimum Gasteiger partial charge on any atom is -0.504 e. The average Bonchev–Trinajstić information content (AvgIpc) is 3.20. The van der Waals surface area contributed by atoms with Crippen LogP contribution in [0.4, 0.5) is 0 Å². The molecule has 6 atom stereocenters. The first-order chi connectivity index (χ1) is 17.5. The summed E-state index contributed by atoms with van der Waals surface area (Å²) in [5.74, 6) is 0.335. The van der Waals surface area contributed by atoms with Crippen molar-refractivity contribution < 1.29 is 24.5 Å². The number of rotatable bonds is 5. The molecule has 0 amide bonds. The molecule has 2 heterocycles. The van der Waals surface area contributed by atoms with Crippen LogP contribution in [-0.4, -0.2) is 70.1 Å². The van der Waals surface area contributed by atoms with Gasteiger partial charge in [0.15, 0.2) is 11.5 Å². The number of ether oxygens (including phenoxy) is 2. The highest BCUT2D eigenvalue weighted by Gasteiger charge is 2.72. The number of nitrogens with one attached hydrogen (secondary N) is 1. The number of aliphatic hydroxyl groups is 1. The molecule has 2 bridgehead atoms. The summed E-state index contributed by atoms with van der Waals surface area (Å²) in [5.41, 5.74) is 0.967. The third-order valence-corrected chi connectivity index (χ3v) is 9.12. The average molecular weight is 507 g/mol. The van der Waals surface area contributed by atoms with Gasteiger partial charge in [0.1, 0.15) is 17.7 Å². The second kappa shape index (κ2) is 8.45. The fourth-order valence-corrected chi connectivity index (χ4v) is 7.62. The Morgan fingerprint density at radius 1 is 1.22 bits per heavy atom. The number of aromatic hydroxyl groups is 1. The first-order valence-corrected chi connectivity index (χ1v) is 13.5. The third kappa shape index (κ3) is 3.69. The number of carbonyl (C=O) groups excluding carboxylic acids is 1. The van der Waals surface area contributed by atoms with Crippen LogP contribution in [0.15, 0.2) is 42.5 Å². The second-order valence-electron chi connectivity index (χ2n) is 12.4. The molecule has 1 spiro atoms. The molecule has 0 radical (unpaired) electrons. The smallest absolute Gasteiger partial charge is 0.324 e. The highest BCUT2D eigenvalue weighted by Crippen LogP contribution is 2.65. The lowest BCUT2D eigenvalue weighted by Gasteiger charge is -2.63. The van der Waals surface area contributed by atoms with Crippen molar-refractivity contribution >= 4 is 5.97 Å². The molecule has 3 N–H and O–H groups in total. The van der Waals surface area contributed by atoms with Crippen molar-refractivity contribution in [2.24, 2.45) is 0 Å². The number of likely N-dealkylation sites (tertiary alicyclic amines) is 1. The zero-order valence-electron chi connectivity index (χ0n) is 22.2. The van der Waals surface area contributed by atoms with E-state index in [0.29, 0.717) is 25.0 Å². The van der Waals surface area contributed by atoms with Crippen LogP contribution in [0, 0.1) is 0 Å². The summed E-state index contributed by atoms with van der Waals surface area (Å²) in [6.07, 6.45) is 2.82. The molecule has 4 aliphatic rings. The van der Waals surface area contributed by atoms with E-state index in [1.54, 1.807) is 6.07 Å². The molecule has 37 heavy (non-hydrogen) atoms. The Labute approximate surface area is 218 Å². The van der Waals surface area contributed by atoms with E-state index in [0.717, 1.165) is 36.1 Å². The molecule has 7 nitrogen and oxygen atoms in total. The van der Waals surface area contributed by atoms with Gasteiger partial charge in [-0.1, -0.05) is 36.4 Å². The lowest BCUT2D eigenvalue weighted by Crippen LogP contribution is -2.78. The summed E-state index contributed by atoms with van der Waals surface area (Å²) in [7, 11) is 2.09. The highest BCUT2D eigenvalue weighted by atomic mass is 16.6. The van der Waals surface area contributed by atoms with Gasteiger partial charge in [0.25, 0.3) is 0 Å². The summed E-state index contributed by atoms with van der Waals surface area (Å²) in [5, 5.41) is 26.8. The summed E-state index contributed by atoms with van der Waals surface area (Å²) >= 11 is 0. The van der Waals surface area contributed by atoms with E-state index >= 15 is 0 Å². The standard InChI is InChI=1S/C30H38N2O5/c1-28(2,3)37-27(34)21(16-18-8-6-5-7-9-18)31-20-12-13-30(35)23-17-19-10-11-22(33)25-24(19)29(30,26(20)36-25)14-15-32(23)4/h5-11,20-21,23,26,31,33,35H,12-17H2,1-4H3/t20?,21?,23?,26-,29-,30+/m0/s1. The number of carbonyl (C=O) groups is 1. The van der Waals surface area contributed by atoms with E-state index < -0.39 is 28.8 Å². The minimum atomic E-state index is -0.963.